The lowest BCUT2D eigenvalue weighted by Gasteiger charge is -2.41. The molecule has 21 heavy (non-hydrogen) atoms. The number of fused-ring (bicyclic) bond motifs is 5. The van der Waals surface area contributed by atoms with Gasteiger partial charge in [0, 0.05) is 26.1 Å². The van der Waals surface area contributed by atoms with Crippen molar-refractivity contribution in [2.24, 2.45) is 11.8 Å². The Morgan fingerprint density at radius 1 is 0.905 bits per heavy atom. The lowest BCUT2D eigenvalue weighted by Crippen LogP contribution is -2.58. The highest BCUT2D eigenvalue weighted by molar-refractivity contribution is 6.52. The van der Waals surface area contributed by atoms with Crippen LogP contribution in [0, 0.1) is 11.8 Å². The Balaban J connectivity index is 2.34. The van der Waals surface area contributed by atoms with Gasteiger partial charge in [-0.05, 0) is 0 Å². The van der Waals surface area contributed by atoms with Crippen molar-refractivity contribution >= 4 is 46.4 Å². The second-order valence-corrected chi connectivity index (χ2v) is 7.44. The molecule has 3 aliphatic carbocycles. The van der Waals surface area contributed by atoms with Gasteiger partial charge in [0.2, 0.25) is 5.79 Å². The van der Waals surface area contributed by atoms with E-state index in [0.717, 1.165) is 0 Å². The topological polar surface area (TPSA) is 58.9 Å². The van der Waals surface area contributed by atoms with Crippen LogP contribution in [0.5, 0.6) is 0 Å². The van der Waals surface area contributed by atoms with Gasteiger partial charge in [0.05, 0.1) is 22.3 Å². The number of aliphatic hydroxyl groups excluding tert-OH is 2. The van der Waals surface area contributed by atoms with E-state index in [4.69, 9.17) is 55.9 Å². The Kier molecular flexibility index (Phi) is 3.69. The van der Waals surface area contributed by atoms with Crippen molar-refractivity contribution in [1.82, 2.24) is 0 Å². The van der Waals surface area contributed by atoms with Crippen LogP contribution in [-0.2, 0) is 9.47 Å². The minimum atomic E-state index is -1.60. The van der Waals surface area contributed by atoms with Crippen LogP contribution in [0.2, 0.25) is 0 Å². The van der Waals surface area contributed by atoms with Crippen LogP contribution in [0.1, 0.15) is 0 Å². The van der Waals surface area contributed by atoms with E-state index in [2.05, 4.69) is 0 Å². The average Bonchev–Trinajstić information content (AvgIpc) is 2.72. The molecule has 0 radical (unpaired) electrons. The lowest BCUT2D eigenvalue weighted by molar-refractivity contribution is -0.222. The number of alkyl halides is 2. The van der Waals surface area contributed by atoms with Crippen LogP contribution < -0.4 is 0 Å². The average molecular weight is 376 g/mol. The molecule has 3 rings (SSSR count). The zero-order valence-electron chi connectivity index (χ0n) is 11.2. The molecular weight excluding hydrogens is 362 g/mol. The van der Waals surface area contributed by atoms with Crippen molar-refractivity contribution in [3.8, 4) is 0 Å². The molecule has 4 nitrogen and oxygen atoms in total. The second-order valence-electron chi connectivity index (χ2n) is 5.49. The third-order valence-corrected chi connectivity index (χ3v) is 7.56. The zero-order chi connectivity index (χ0) is 15.8. The van der Waals surface area contributed by atoms with Crippen molar-refractivity contribution in [3.05, 3.63) is 22.2 Å². The summed E-state index contributed by atoms with van der Waals surface area (Å²) in [4.78, 5) is -2.99. The second kappa shape index (κ2) is 4.74. The number of aliphatic hydroxyl groups is 2. The normalized spacial score (nSPS) is 50.7. The molecule has 0 saturated heterocycles. The van der Waals surface area contributed by atoms with Crippen molar-refractivity contribution in [3.63, 3.8) is 0 Å². The molecule has 0 aromatic rings. The van der Waals surface area contributed by atoms with Gasteiger partial charge in [0.1, 0.15) is 9.75 Å². The van der Waals surface area contributed by atoms with E-state index >= 15 is 0 Å². The van der Waals surface area contributed by atoms with Crippen LogP contribution in [0.25, 0.3) is 0 Å². The first-order chi connectivity index (χ1) is 9.74. The van der Waals surface area contributed by atoms with E-state index < -0.39 is 39.6 Å². The molecule has 3 aliphatic rings. The number of ether oxygens (including phenoxy) is 2. The van der Waals surface area contributed by atoms with Gasteiger partial charge in [-0.1, -0.05) is 35.4 Å². The summed E-state index contributed by atoms with van der Waals surface area (Å²) in [5.74, 6) is -3.00. The minimum absolute atomic E-state index is 0.0762. The van der Waals surface area contributed by atoms with Crippen molar-refractivity contribution in [2.45, 2.75) is 27.7 Å². The summed E-state index contributed by atoms with van der Waals surface area (Å²) in [6, 6.07) is 0. The van der Waals surface area contributed by atoms with Gasteiger partial charge in [-0.25, -0.2) is 0 Å². The zero-order valence-corrected chi connectivity index (χ0v) is 14.2. The third-order valence-electron chi connectivity index (χ3n) is 4.91. The van der Waals surface area contributed by atoms with Gasteiger partial charge in [0.15, 0.2) is 0 Å². The highest BCUT2D eigenvalue weighted by atomic mass is 35.5. The fraction of sp³-hybridized carbons (Fsp3) is 0.692. The molecule has 6 atom stereocenters. The molecule has 2 N–H and O–H groups in total. The van der Waals surface area contributed by atoms with E-state index in [1.807, 2.05) is 0 Å². The van der Waals surface area contributed by atoms with Crippen molar-refractivity contribution in [1.29, 1.82) is 0 Å². The molecule has 0 aromatic heterocycles. The Hall–Kier alpha value is 0.480. The van der Waals surface area contributed by atoms with Crippen LogP contribution in [0.3, 0.4) is 0 Å². The van der Waals surface area contributed by atoms with Crippen LogP contribution in [0.15, 0.2) is 22.2 Å². The predicted molar refractivity (Wildman–Crippen MR) is 80.8 cm³/mol. The molecule has 0 heterocycles. The number of rotatable bonds is 2. The smallest absolute Gasteiger partial charge is 0.217 e. The van der Waals surface area contributed by atoms with Gasteiger partial charge in [-0.2, -0.15) is 0 Å². The highest BCUT2D eigenvalue weighted by Gasteiger charge is 2.86. The van der Waals surface area contributed by atoms with Gasteiger partial charge in [-0.3, -0.25) is 0 Å². The molecule has 0 amide bonds. The Bertz CT molecular complexity index is 504. The summed E-state index contributed by atoms with van der Waals surface area (Å²) in [6.45, 7) is 0. The van der Waals surface area contributed by atoms with Crippen molar-refractivity contribution < 1.29 is 19.7 Å². The predicted octanol–water partition coefficient (Wildman–Crippen LogP) is 2.17. The fourth-order valence-corrected chi connectivity index (χ4v) is 6.41. The minimum Gasteiger partial charge on any atom is -0.389 e. The van der Waals surface area contributed by atoms with Gasteiger partial charge < -0.3 is 19.7 Å². The number of hydrogen-bond donors (Lipinski definition) is 2. The SMILES string of the molecule is COC1(OC)[C@@]2(Cl)C(Cl)=C(Cl)[C@@]1(Cl)[C@H]1[C@H]2[C@H](O)C=C[C@@H]1O. The quantitative estimate of drug-likeness (QED) is 0.441. The number of methoxy groups -OCH3 is 2. The van der Waals surface area contributed by atoms with E-state index in [1.54, 1.807) is 0 Å². The molecule has 1 saturated carbocycles. The van der Waals surface area contributed by atoms with Gasteiger partial charge in [0.25, 0.3) is 0 Å². The van der Waals surface area contributed by atoms with E-state index in [0.29, 0.717) is 0 Å². The summed E-state index contributed by atoms with van der Waals surface area (Å²) in [5.41, 5.74) is 0. The van der Waals surface area contributed by atoms with Crippen LogP contribution in [0.4, 0.5) is 0 Å². The molecule has 118 valence electrons. The number of halogens is 4. The molecule has 0 unspecified atom stereocenters. The first-order valence-electron chi connectivity index (χ1n) is 6.32. The maximum absolute atomic E-state index is 10.3. The molecule has 1 fully saturated rings. The molecular formula is C13H14Cl4O4. The Labute approximate surface area is 142 Å². The van der Waals surface area contributed by atoms with E-state index in [9.17, 15) is 10.2 Å². The van der Waals surface area contributed by atoms with Gasteiger partial charge in [-0.15, -0.1) is 23.2 Å². The monoisotopic (exact) mass is 374 g/mol. The van der Waals surface area contributed by atoms with Crippen molar-refractivity contribution in [2.75, 3.05) is 14.2 Å². The first-order valence-corrected chi connectivity index (χ1v) is 7.84. The van der Waals surface area contributed by atoms with Crippen LogP contribution >= 0.6 is 46.4 Å². The fourth-order valence-electron chi connectivity index (χ4n) is 4.14. The maximum atomic E-state index is 10.3. The molecule has 8 heteroatoms. The van der Waals surface area contributed by atoms with E-state index in [1.165, 1.54) is 26.4 Å². The molecule has 0 aromatic carbocycles. The molecule has 2 bridgehead atoms. The molecule has 0 aliphatic heterocycles. The maximum Gasteiger partial charge on any atom is 0.217 e. The van der Waals surface area contributed by atoms with Gasteiger partial charge >= 0.3 is 0 Å². The summed E-state index contributed by atoms with van der Waals surface area (Å²) in [5, 5.41) is 20.9. The number of hydrogen-bond acceptors (Lipinski definition) is 4. The highest BCUT2D eigenvalue weighted by Crippen LogP contribution is 2.75. The Morgan fingerprint density at radius 3 is 1.52 bits per heavy atom. The van der Waals surface area contributed by atoms with E-state index in [-0.39, 0.29) is 10.1 Å². The lowest BCUT2D eigenvalue weighted by atomic mass is 9.72. The molecule has 0 spiro atoms. The summed E-state index contributed by atoms with van der Waals surface area (Å²) >= 11 is 26.2. The largest absolute Gasteiger partial charge is 0.389 e. The summed E-state index contributed by atoms with van der Waals surface area (Å²) in [6.07, 6.45) is 1.01. The standard InChI is InChI=1S/C13H14Cl4O4/c1-20-13(21-2)11(16)7-5(18)3-4-6(19)8(7)12(13,17)10(15)9(11)14/h3-8,18-19H,1-2H3/t5-,6+,7-,8-,11+,12+/m1/s1. The Morgan fingerprint density at radius 2 is 1.24 bits per heavy atom. The van der Waals surface area contributed by atoms with Crippen LogP contribution in [-0.4, -0.2) is 52.2 Å². The third kappa shape index (κ3) is 1.45. The summed E-state index contributed by atoms with van der Waals surface area (Å²) < 4.78 is 11.0. The first kappa shape index (κ1) is 16.3. The summed E-state index contributed by atoms with van der Waals surface area (Å²) in [7, 11) is 2.75.